The molecule has 1 aromatic rings. The number of piperidine rings is 1. The molecule has 116 valence electrons. The molecule has 1 aromatic carbocycles. The van der Waals surface area contributed by atoms with Crippen molar-refractivity contribution in [1.82, 2.24) is 10.2 Å². The Balaban J connectivity index is 1.99. The Morgan fingerprint density at radius 2 is 2.05 bits per heavy atom. The topological polar surface area (TPSA) is 41.6 Å². The van der Waals surface area contributed by atoms with Crippen molar-refractivity contribution in [3.05, 3.63) is 29.8 Å². The molecule has 0 spiro atoms. The summed E-state index contributed by atoms with van der Waals surface area (Å²) in [5, 5.41) is 3.74. The Morgan fingerprint density at radius 1 is 1.38 bits per heavy atom. The third-order valence-corrected chi connectivity index (χ3v) is 4.30. The minimum atomic E-state index is 0.185. The number of nitrogens with zero attached hydrogens (tertiary/aromatic N) is 1. The molecule has 1 fully saturated rings. The Labute approximate surface area is 127 Å². The zero-order chi connectivity index (χ0) is 15.2. The molecular formula is C17H26N2O2. The van der Waals surface area contributed by atoms with Gasteiger partial charge >= 0.3 is 0 Å². The highest BCUT2D eigenvalue weighted by atomic mass is 16.5. The first-order valence-corrected chi connectivity index (χ1v) is 7.80. The lowest BCUT2D eigenvalue weighted by Crippen LogP contribution is -2.45. The second-order valence-electron chi connectivity index (χ2n) is 5.65. The van der Waals surface area contributed by atoms with Gasteiger partial charge in [0, 0.05) is 37.7 Å². The maximum absolute atomic E-state index is 11.4. The lowest BCUT2D eigenvalue weighted by Gasteiger charge is -2.34. The average Bonchev–Trinajstić information content (AvgIpc) is 2.53. The van der Waals surface area contributed by atoms with E-state index < -0.39 is 0 Å². The van der Waals surface area contributed by atoms with Crippen LogP contribution in [0, 0.1) is 0 Å². The van der Waals surface area contributed by atoms with Gasteiger partial charge in [-0.25, -0.2) is 0 Å². The van der Waals surface area contributed by atoms with Gasteiger partial charge in [0.25, 0.3) is 0 Å². The number of ether oxygens (including phenoxy) is 1. The smallest absolute Gasteiger partial charge is 0.219 e. The second kappa shape index (κ2) is 7.46. The first-order chi connectivity index (χ1) is 10.2. The van der Waals surface area contributed by atoms with Crippen LogP contribution in [-0.2, 0) is 4.79 Å². The fourth-order valence-corrected chi connectivity index (χ4v) is 3.03. The van der Waals surface area contributed by atoms with E-state index in [9.17, 15) is 4.79 Å². The summed E-state index contributed by atoms with van der Waals surface area (Å²) in [6, 6.07) is 8.97. The summed E-state index contributed by atoms with van der Waals surface area (Å²) in [7, 11) is 1.72. The summed E-state index contributed by atoms with van der Waals surface area (Å²) >= 11 is 0. The number of para-hydroxylation sites is 1. The monoisotopic (exact) mass is 290 g/mol. The van der Waals surface area contributed by atoms with E-state index >= 15 is 0 Å². The third-order valence-electron chi connectivity index (χ3n) is 4.30. The molecule has 2 rings (SSSR count). The number of carbonyl (C=O) groups is 1. The highest BCUT2D eigenvalue weighted by Crippen LogP contribution is 2.28. The number of hydrogen-bond donors (Lipinski definition) is 1. The molecule has 4 nitrogen and oxygen atoms in total. The van der Waals surface area contributed by atoms with Gasteiger partial charge in [-0.15, -0.1) is 0 Å². The van der Waals surface area contributed by atoms with Crippen LogP contribution in [0.3, 0.4) is 0 Å². The average molecular weight is 290 g/mol. The maximum atomic E-state index is 11.4. The summed E-state index contributed by atoms with van der Waals surface area (Å²) < 4.78 is 5.47. The number of methoxy groups -OCH3 is 1. The molecule has 21 heavy (non-hydrogen) atoms. The minimum absolute atomic E-state index is 0.185. The van der Waals surface area contributed by atoms with Gasteiger partial charge in [0.1, 0.15) is 5.75 Å². The molecule has 1 aliphatic heterocycles. The quantitative estimate of drug-likeness (QED) is 0.906. The van der Waals surface area contributed by atoms with Gasteiger partial charge < -0.3 is 15.0 Å². The van der Waals surface area contributed by atoms with Crippen LogP contribution in [0.2, 0.25) is 0 Å². The van der Waals surface area contributed by atoms with Crippen molar-refractivity contribution < 1.29 is 9.53 Å². The Kier molecular flexibility index (Phi) is 5.62. The normalized spacial score (nSPS) is 17.6. The first-order valence-electron chi connectivity index (χ1n) is 7.80. The van der Waals surface area contributed by atoms with Crippen LogP contribution in [-0.4, -0.2) is 37.0 Å². The number of hydrogen-bond acceptors (Lipinski definition) is 3. The summed E-state index contributed by atoms with van der Waals surface area (Å²) in [4.78, 5) is 13.3. The SMILES string of the molecule is CCC(NC1CCN(C(C)=O)CC1)c1ccccc1OC. The maximum Gasteiger partial charge on any atom is 0.219 e. The molecule has 1 heterocycles. The molecule has 1 N–H and O–H groups in total. The number of carbonyl (C=O) groups excluding carboxylic acids is 1. The van der Waals surface area contributed by atoms with Gasteiger partial charge in [0.05, 0.1) is 7.11 Å². The molecule has 1 amide bonds. The molecule has 0 bridgehead atoms. The van der Waals surface area contributed by atoms with E-state index in [2.05, 4.69) is 24.4 Å². The van der Waals surface area contributed by atoms with Gasteiger partial charge in [-0.3, -0.25) is 4.79 Å². The minimum Gasteiger partial charge on any atom is -0.496 e. The Bertz CT molecular complexity index is 468. The number of nitrogens with one attached hydrogen (secondary N) is 1. The fourth-order valence-electron chi connectivity index (χ4n) is 3.03. The van der Waals surface area contributed by atoms with Crippen molar-refractivity contribution in [1.29, 1.82) is 0 Å². The Hall–Kier alpha value is -1.55. The van der Waals surface area contributed by atoms with E-state index in [1.165, 1.54) is 5.56 Å². The van der Waals surface area contributed by atoms with Gasteiger partial charge in [-0.05, 0) is 25.3 Å². The van der Waals surface area contributed by atoms with Crippen molar-refractivity contribution in [3.8, 4) is 5.75 Å². The Morgan fingerprint density at radius 3 is 2.62 bits per heavy atom. The van der Waals surface area contributed by atoms with Crippen LogP contribution in [0.4, 0.5) is 0 Å². The lowest BCUT2D eigenvalue weighted by molar-refractivity contribution is -0.129. The highest BCUT2D eigenvalue weighted by Gasteiger charge is 2.23. The van der Waals surface area contributed by atoms with E-state index in [1.807, 2.05) is 17.0 Å². The molecule has 0 aliphatic carbocycles. The molecule has 1 unspecified atom stereocenters. The molecule has 0 aromatic heterocycles. The fraction of sp³-hybridized carbons (Fsp3) is 0.588. The third kappa shape index (κ3) is 3.97. The van der Waals surface area contributed by atoms with Crippen LogP contribution in [0.15, 0.2) is 24.3 Å². The van der Waals surface area contributed by atoms with Gasteiger partial charge in [-0.2, -0.15) is 0 Å². The van der Waals surface area contributed by atoms with Crippen molar-refractivity contribution in [2.75, 3.05) is 20.2 Å². The molecule has 1 aliphatic rings. The van der Waals surface area contributed by atoms with Crippen LogP contribution in [0.1, 0.15) is 44.7 Å². The van der Waals surface area contributed by atoms with E-state index in [0.29, 0.717) is 12.1 Å². The molecule has 0 saturated carbocycles. The zero-order valence-corrected chi connectivity index (χ0v) is 13.3. The number of likely N-dealkylation sites (tertiary alicyclic amines) is 1. The summed E-state index contributed by atoms with van der Waals surface area (Å²) in [5.41, 5.74) is 1.22. The second-order valence-corrected chi connectivity index (χ2v) is 5.65. The molecule has 0 radical (unpaired) electrons. The highest BCUT2D eigenvalue weighted by molar-refractivity contribution is 5.73. The van der Waals surface area contributed by atoms with Gasteiger partial charge in [0.2, 0.25) is 5.91 Å². The number of amides is 1. The predicted molar refractivity (Wildman–Crippen MR) is 84.4 cm³/mol. The number of rotatable bonds is 5. The molecule has 1 saturated heterocycles. The molecule has 1 atom stereocenters. The predicted octanol–water partition coefficient (Wildman–Crippen LogP) is 2.75. The molecular weight excluding hydrogens is 264 g/mol. The van der Waals surface area contributed by atoms with E-state index in [4.69, 9.17) is 4.74 Å². The van der Waals surface area contributed by atoms with E-state index in [0.717, 1.165) is 38.1 Å². The number of benzene rings is 1. The standard InChI is InChI=1S/C17H26N2O2/c1-4-16(15-7-5-6-8-17(15)21-3)18-14-9-11-19(12-10-14)13(2)20/h5-8,14,16,18H,4,9-12H2,1-3H3. The van der Waals surface area contributed by atoms with Crippen LogP contribution in [0.5, 0.6) is 5.75 Å². The van der Waals surface area contributed by atoms with Crippen LogP contribution in [0.25, 0.3) is 0 Å². The van der Waals surface area contributed by atoms with Crippen molar-refractivity contribution in [3.63, 3.8) is 0 Å². The summed E-state index contributed by atoms with van der Waals surface area (Å²) in [6.07, 6.45) is 3.06. The van der Waals surface area contributed by atoms with Gasteiger partial charge in [0.15, 0.2) is 0 Å². The van der Waals surface area contributed by atoms with Crippen molar-refractivity contribution >= 4 is 5.91 Å². The first kappa shape index (κ1) is 15.8. The van der Waals surface area contributed by atoms with Crippen LogP contribution < -0.4 is 10.1 Å². The van der Waals surface area contributed by atoms with Crippen molar-refractivity contribution in [2.45, 2.75) is 45.2 Å². The van der Waals surface area contributed by atoms with Gasteiger partial charge in [-0.1, -0.05) is 25.1 Å². The largest absolute Gasteiger partial charge is 0.496 e. The van der Waals surface area contributed by atoms with Crippen LogP contribution >= 0.6 is 0 Å². The summed E-state index contributed by atoms with van der Waals surface area (Å²) in [5.74, 6) is 1.13. The van der Waals surface area contributed by atoms with E-state index in [-0.39, 0.29) is 5.91 Å². The van der Waals surface area contributed by atoms with Crippen molar-refractivity contribution in [2.24, 2.45) is 0 Å². The zero-order valence-electron chi connectivity index (χ0n) is 13.3. The summed E-state index contributed by atoms with van der Waals surface area (Å²) in [6.45, 7) is 5.55. The molecule has 4 heteroatoms. The lowest BCUT2D eigenvalue weighted by atomic mass is 9.98. The van der Waals surface area contributed by atoms with E-state index in [1.54, 1.807) is 14.0 Å².